The summed E-state index contributed by atoms with van der Waals surface area (Å²) in [4.78, 5) is 12.3. The monoisotopic (exact) mass is 256 g/mol. The van der Waals surface area contributed by atoms with Gasteiger partial charge in [0.05, 0.1) is 5.52 Å². The molecule has 1 saturated carbocycles. The van der Waals surface area contributed by atoms with Crippen LogP contribution in [-0.2, 0) is 7.05 Å². The number of piperidine rings is 1. The average Bonchev–Trinajstić information content (AvgIpc) is 2.83. The van der Waals surface area contributed by atoms with Crippen molar-refractivity contribution in [1.29, 1.82) is 0 Å². The first-order valence-electron chi connectivity index (χ1n) is 6.69. The van der Waals surface area contributed by atoms with E-state index in [0.29, 0.717) is 23.6 Å². The maximum Gasteiger partial charge on any atom is 0.272 e. The summed E-state index contributed by atoms with van der Waals surface area (Å²) in [7, 11) is 1.87. The van der Waals surface area contributed by atoms with Crippen LogP contribution in [-0.4, -0.2) is 34.8 Å². The molecule has 5 nitrogen and oxygen atoms in total. The number of fused-ring (bicyclic) bond motifs is 2. The molecule has 2 atom stereocenters. The number of aromatic nitrogens is 2. The van der Waals surface area contributed by atoms with E-state index in [1.807, 2.05) is 31.3 Å². The lowest BCUT2D eigenvalue weighted by Gasteiger charge is -2.06. The first-order chi connectivity index (χ1) is 9.25. The van der Waals surface area contributed by atoms with Crippen molar-refractivity contribution in [2.45, 2.75) is 6.04 Å². The molecule has 2 N–H and O–H groups in total. The third-order valence-corrected chi connectivity index (χ3v) is 4.36. The van der Waals surface area contributed by atoms with Crippen molar-refractivity contribution in [3.05, 3.63) is 30.0 Å². The second kappa shape index (κ2) is 3.81. The first kappa shape index (κ1) is 11.0. The van der Waals surface area contributed by atoms with Crippen LogP contribution < -0.4 is 10.6 Å². The molecule has 19 heavy (non-hydrogen) atoms. The number of para-hydroxylation sites is 1. The highest BCUT2D eigenvalue weighted by Crippen LogP contribution is 2.41. The number of carbonyl (C=O) groups is 1. The Kier molecular flexibility index (Phi) is 2.20. The molecule has 4 rings (SSSR count). The van der Waals surface area contributed by atoms with E-state index in [9.17, 15) is 4.79 Å². The Balaban J connectivity index is 1.62. The lowest BCUT2D eigenvalue weighted by molar-refractivity contribution is 0.0942. The molecule has 2 heterocycles. The van der Waals surface area contributed by atoms with Gasteiger partial charge in [-0.25, -0.2) is 0 Å². The number of carbonyl (C=O) groups excluding carboxylic acids is 1. The number of amides is 1. The molecule has 2 unspecified atom stereocenters. The van der Waals surface area contributed by atoms with Gasteiger partial charge in [-0.05, 0) is 17.9 Å². The fourth-order valence-corrected chi connectivity index (χ4v) is 3.23. The normalized spacial score (nSPS) is 28.4. The SMILES string of the molecule is Cn1nc(C(=O)NC2C3CNCC32)c2ccccc21. The number of nitrogens with zero attached hydrogens (tertiary/aromatic N) is 2. The van der Waals surface area contributed by atoms with E-state index < -0.39 is 0 Å². The summed E-state index contributed by atoms with van der Waals surface area (Å²) in [6, 6.07) is 8.18. The second-order valence-electron chi connectivity index (χ2n) is 5.47. The minimum absolute atomic E-state index is 0.0452. The van der Waals surface area contributed by atoms with Crippen molar-refractivity contribution in [2.24, 2.45) is 18.9 Å². The lowest BCUT2D eigenvalue weighted by atomic mass is 10.2. The highest BCUT2D eigenvalue weighted by molar-refractivity contribution is 6.05. The number of hydrogen-bond donors (Lipinski definition) is 2. The molecule has 98 valence electrons. The molecule has 1 aromatic carbocycles. The zero-order valence-electron chi connectivity index (χ0n) is 10.8. The molecule has 2 aliphatic rings. The summed E-state index contributed by atoms with van der Waals surface area (Å²) in [5.41, 5.74) is 1.53. The van der Waals surface area contributed by atoms with Crippen LogP contribution in [0, 0.1) is 11.8 Å². The van der Waals surface area contributed by atoms with Crippen LogP contribution in [0.5, 0.6) is 0 Å². The highest BCUT2D eigenvalue weighted by atomic mass is 16.2. The largest absolute Gasteiger partial charge is 0.347 e. The minimum atomic E-state index is -0.0452. The average molecular weight is 256 g/mol. The predicted octanol–water partition coefficient (Wildman–Crippen LogP) is 0.521. The van der Waals surface area contributed by atoms with Gasteiger partial charge in [0.1, 0.15) is 0 Å². The van der Waals surface area contributed by atoms with E-state index >= 15 is 0 Å². The molecule has 0 radical (unpaired) electrons. The third kappa shape index (κ3) is 1.58. The van der Waals surface area contributed by atoms with Crippen LogP contribution >= 0.6 is 0 Å². The van der Waals surface area contributed by atoms with Gasteiger partial charge in [-0.3, -0.25) is 9.48 Å². The molecule has 2 fully saturated rings. The first-order valence-corrected chi connectivity index (χ1v) is 6.69. The number of hydrogen-bond acceptors (Lipinski definition) is 3. The van der Waals surface area contributed by atoms with Crippen LogP contribution in [0.25, 0.3) is 10.9 Å². The molecule has 1 aliphatic heterocycles. The van der Waals surface area contributed by atoms with Gasteiger partial charge in [-0.1, -0.05) is 18.2 Å². The van der Waals surface area contributed by atoms with E-state index in [0.717, 1.165) is 24.0 Å². The standard InChI is InChI=1S/C14H16N4O/c1-18-11-5-3-2-4-8(11)13(17-18)14(19)16-12-9-6-15-7-10(9)12/h2-5,9-10,12,15H,6-7H2,1H3,(H,16,19). The summed E-state index contributed by atoms with van der Waals surface area (Å²) in [5.74, 6) is 1.20. The van der Waals surface area contributed by atoms with Gasteiger partial charge in [0.2, 0.25) is 0 Å². The fourth-order valence-electron chi connectivity index (χ4n) is 3.23. The van der Waals surface area contributed by atoms with Crippen LogP contribution in [0.15, 0.2) is 24.3 Å². The number of benzene rings is 1. The smallest absolute Gasteiger partial charge is 0.272 e. The van der Waals surface area contributed by atoms with Crippen LogP contribution in [0.3, 0.4) is 0 Å². The Morgan fingerprint density at radius 2 is 2.11 bits per heavy atom. The van der Waals surface area contributed by atoms with Gasteiger partial charge < -0.3 is 10.6 Å². The van der Waals surface area contributed by atoms with Crippen molar-refractivity contribution in [1.82, 2.24) is 20.4 Å². The molecular weight excluding hydrogens is 240 g/mol. The summed E-state index contributed by atoms with van der Waals surface area (Å²) in [6.45, 7) is 2.05. The zero-order valence-corrected chi connectivity index (χ0v) is 10.8. The molecule has 1 saturated heterocycles. The molecule has 0 spiro atoms. The second-order valence-corrected chi connectivity index (χ2v) is 5.47. The summed E-state index contributed by atoms with van der Waals surface area (Å²) >= 11 is 0. The van der Waals surface area contributed by atoms with E-state index in [2.05, 4.69) is 15.7 Å². The predicted molar refractivity (Wildman–Crippen MR) is 71.8 cm³/mol. The van der Waals surface area contributed by atoms with E-state index in [-0.39, 0.29) is 5.91 Å². The van der Waals surface area contributed by atoms with Gasteiger partial charge in [-0.2, -0.15) is 5.10 Å². The maximum absolute atomic E-state index is 12.3. The van der Waals surface area contributed by atoms with E-state index in [4.69, 9.17) is 0 Å². The van der Waals surface area contributed by atoms with Crippen molar-refractivity contribution >= 4 is 16.8 Å². The van der Waals surface area contributed by atoms with Gasteiger partial charge in [0.15, 0.2) is 5.69 Å². The topological polar surface area (TPSA) is 59.0 Å². The summed E-state index contributed by atoms with van der Waals surface area (Å²) < 4.78 is 1.76. The molecule has 2 aromatic rings. The number of nitrogens with one attached hydrogen (secondary N) is 2. The Morgan fingerprint density at radius 1 is 1.37 bits per heavy atom. The van der Waals surface area contributed by atoms with Crippen molar-refractivity contribution in [3.8, 4) is 0 Å². The van der Waals surface area contributed by atoms with E-state index in [1.165, 1.54) is 0 Å². The fraction of sp³-hybridized carbons (Fsp3) is 0.429. The molecule has 0 bridgehead atoms. The van der Waals surface area contributed by atoms with Crippen molar-refractivity contribution in [2.75, 3.05) is 13.1 Å². The third-order valence-electron chi connectivity index (χ3n) is 4.36. The highest BCUT2D eigenvalue weighted by Gasteiger charge is 2.53. The molecule has 1 amide bonds. The van der Waals surface area contributed by atoms with Gasteiger partial charge >= 0.3 is 0 Å². The molecule has 1 aromatic heterocycles. The van der Waals surface area contributed by atoms with E-state index in [1.54, 1.807) is 4.68 Å². The van der Waals surface area contributed by atoms with Gasteiger partial charge in [-0.15, -0.1) is 0 Å². The van der Waals surface area contributed by atoms with Gasteiger partial charge in [0.25, 0.3) is 5.91 Å². The zero-order chi connectivity index (χ0) is 13.0. The minimum Gasteiger partial charge on any atom is -0.347 e. The Hall–Kier alpha value is -1.88. The summed E-state index contributed by atoms with van der Waals surface area (Å²) in [5, 5.41) is 11.7. The van der Waals surface area contributed by atoms with Crippen LogP contribution in [0.4, 0.5) is 0 Å². The number of aryl methyl sites for hydroxylation is 1. The van der Waals surface area contributed by atoms with Crippen LogP contribution in [0.1, 0.15) is 10.5 Å². The summed E-state index contributed by atoms with van der Waals surface area (Å²) in [6.07, 6.45) is 0. The van der Waals surface area contributed by atoms with Crippen molar-refractivity contribution in [3.63, 3.8) is 0 Å². The Labute approximate surface area is 111 Å². The lowest BCUT2D eigenvalue weighted by Crippen LogP contribution is -2.32. The van der Waals surface area contributed by atoms with Crippen molar-refractivity contribution < 1.29 is 4.79 Å². The Bertz CT molecular complexity index is 653. The Morgan fingerprint density at radius 3 is 2.89 bits per heavy atom. The van der Waals surface area contributed by atoms with Crippen LogP contribution in [0.2, 0.25) is 0 Å². The maximum atomic E-state index is 12.3. The molecular formula is C14H16N4O. The quantitative estimate of drug-likeness (QED) is 0.823. The number of rotatable bonds is 2. The molecule has 5 heteroatoms. The molecule has 1 aliphatic carbocycles. The van der Waals surface area contributed by atoms with Gasteiger partial charge in [0, 0.05) is 31.6 Å².